The minimum absolute atomic E-state index is 0.125. The summed E-state index contributed by atoms with van der Waals surface area (Å²) in [5.74, 6) is 0. The first kappa shape index (κ1) is 13.6. The summed E-state index contributed by atoms with van der Waals surface area (Å²) in [6.45, 7) is 1.51. The molecule has 0 unspecified atom stereocenters. The van der Waals surface area contributed by atoms with Crippen molar-refractivity contribution < 1.29 is 18.3 Å². The Kier molecular flexibility index (Phi) is 3.62. The Bertz CT molecular complexity index is 571. The van der Waals surface area contributed by atoms with Gasteiger partial charge in [-0.3, -0.25) is 0 Å². The van der Waals surface area contributed by atoms with E-state index >= 15 is 0 Å². The molecule has 0 saturated carbocycles. The van der Waals surface area contributed by atoms with Crippen molar-refractivity contribution in [3.63, 3.8) is 0 Å². The third kappa shape index (κ3) is 2.96. The van der Waals surface area contributed by atoms with Crippen molar-refractivity contribution in [2.45, 2.75) is 19.7 Å². The Balaban J connectivity index is 2.54. The third-order valence-corrected chi connectivity index (χ3v) is 2.93. The van der Waals surface area contributed by atoms with Crippen molar-refractivity contribution in [1.29, 1.82) is 0 Å². The molecule has 0 aromatic heterocycles. The van der Waals surface area contributed by atoms with Crippen LogP contribution in [0.2, 0.25) is 0 Å². The van der Waals surface area contributed by atoms with Gasteiger partial charge in [0.1, 0.15) is 0 Å². The summed E-state index contributed by atoms with van der Waals surface area (Å²) < 4.78 is 39.1. The Labute approximate surface area is 109 Å². The number of halogens is 3. The van der Waals surface area contributed by atoms with Gasteiger partial charge in [-0.1, -0.05) is 42.0 Å². The number of hydrogen-bond donors (Lipinski definition) is 1. The second kappa shape index (κ2) is 5.05. The van der Waals surface area contributed by atoms with Crippen LogP contribution >= 0.6 is 0 Å². The van der Waals surface area contributed by atoms with Crippen LogP contribution in [0.1, 0.15) is 16.7 Å². The van der Waals surface area contributed by atoms with Crippen molar-refractivity contribution in [2.75, 3.05) is 0 Å². The molecule has 0 bridgehead atoms. The summed E-state index contributed by atoms with van der Waals surface area (Å²) in [6.07, 6.45) is -4.38. The number of aryl methyl sites for hydroxylation is 1. The molecule has 4 heteroatoms. The van der Waals surface area contributed by atoms with Gasteiger partial charge >= 0.3 is 6.18 Å². The predicted octanol–water partition coefficient (Wildman–Crippen LogP) is 4.17. The van der Waals surface area contributed by atoms with Gasteiger partial charge in [0.05, 0.1) is 12.2 Å². The van der Waals surface area contributed by atoms with E-state index in [1.165, 1.54) is 6.07 Å². The highest BCUT2D eigenvalue weighted by atomic mass is 19.4. The molecule has 0 amide bonds. The van der Waals surface area contributed by atoms with Gasteiger partial charge in [-0.25, -0.2) is 0 Å². The van der Waals surface area contributed by atoms with Crippen molar-refractivity contribution in [1.82, 2.24) is 0 Å². The fraction of sp³-hybridized carbons (Fsp3) is 0.200. The smallest absolute Gasteiger partial charge is 0.392 e. The molecule has 19 heavy (non-hydrogen) atoms. The van der Waals surface area contributed by atoms with Crippen LogP contribution in [0.25, 0.3) is 11.1 Å². The molecule has 0 aliphatic heterocycles. The molecule has 0 aliphatic rings. The van der Waals surface area contributed by atoms with E-state index in [9.17, 15) is 13.2 Å². The van der Waals surface area contributed by atoms with Crippen LogP contribution in [-0.2, 0) is 12.8 Å². The Morgan fingerprint density at radius 2 is 1.63 bits per heavy atom. The molecule has 0 atom stereocenters. The highest BCUT2D eigenvalue weighted by molar-refractivity contribution is 5.68. The number of aliphatic hydroxyl groups excluding tert-OH is 1. The topological polar surface area (TPSA) is 20.2 Å². The first-order valence-corrected chi connectivity index (χ1v) is 5.80. The summed E-state index contributed by atoms with van der Waals surface area (Å²) in [5, 5.41) is 8.94. The van der Waals surface area contributed by atoms with Gasteiger partial charge in [0.15, 0.2) is 0 Å². The van der Waals surface area contributed by atoms with Gasteiger partial charge in [0, 0.05) is 0 Å². The summed E-state index contributed by atoms with van der Waals surface area (Å²) in [7, 11) is 0. The van der Waals surface area contributed by atoms with Crippen molar-refractivity contribution in [2.24, 2.45) is 0 Å². The lowest BCUT2D eigenvalue weighted by molar-refractivity contribution is -0.137. The average molecular weight is 266 g/mol. The van der Waals surface area contributed by atoms with Gasteiger partial charge in [0.2, 0.25) is 0 Å². The van der Waals surface area contributed by atoms with E-state index in [1.807, 2.05) is 0 Å². The zero-order chi connectivity index (χ0) is 14.0. The van der Waals surface area contributed by atoms with Crippen LogP contribution in [0, 0.1) is 6.92 Å². The molecule has 0 radical (unpaired) electrons. The summed E-state index contributed by atoms with van der Waals surface area (Å²) in [6, 6.07) is 10.7. The monoisotopic (exact) mass is 266 g/mol. The molecule has 0 fully saturated rings. The summed E-state index contributed by atoms with van der Waals surface area (Å²) >= 11 is 0. The average Bonchev–Trinajstić information content (AvgIpc) is 2.38. The molecule has 2 aromatic carbocycles. The lowest BCUT2D eigenvalue weighted by Crippen LogP contribution is -2.07. The minimum Gasteiger partial charge on any atom is -0.392 e. The van der Waals surface area contributed by atoms with E-state index in [0.29, 0.717) is 16.7 Å². The molecule has 0 saturated heterocycles. The molecule has 0 heterocycles. The molecule has 0 aliphatic carbocycles. The van der Waals surface area contributed by atoms with E-state index in [1.54, 1.807) is 37.3 Å². The van der Waals surface area contributed by atoms with Crippen molar-refractivity contribution >= 4 is 0 Å². The fourth-order valence-electron chi connectivity index (χ4n) is 1.93. The van der Waals surface area contributed by atoms with Crippen LogP contribution in [0.15, 0.2) is 42.5 Å². The van der Waals surface area contributed by atoms with E-state index in [0.717, 1.165) is 6.07 Å². The first-order chi connectivity index (χ1) is 8.91. The maximum atomic E-state index is 13.0. The van der Waals surface area contributed by atoms with E-state index < -0.39 is 11.7 Å². The Morgan fingerprint density at radius 1 is 1.00 bits per heavy atom. The van der Waals surface area contributed by atoms with Gasteiger partial charge in [-0.05, 0) is 29.7 Å². The van der Waals surface area contributed by atoms with Gasteiger partial charge in [-0.2, -0.15) is 13.2 Å². The number of alkyl halides is 3. The zero-order valence-corrected chi connectivity index (χ0v) is 10.3. The number of rotatable bonds is 2. The van der Waals surface area contributed by atoms with Crippen LogP contribution < -0.4 is 0 Å². The largest absolute Gasteiger partial charge is 0.417 e. The third-order valence-electron chi connectivity index (χ3n) is 2.93. The standard InChI is InChI=1S/C15H13F3O/c1-10-2-7-13(14(8-10)15(16,17)18)12-5-3-11(9-19)4-6-12/h2-8,19H,9H2,1H3. The summed E-state index contributed by atoms with van der Waals surface area (Å²) in [5.41, 5.74) is 1.25. The van der Waals surface area contributed by atoms with Gasteiger partial charge in [-0.15, -0.1) is 0 Å². The second-order valence-electron chi connectivity index (χ2n) is 4.40. The first-order valence-electron chi connectivity index (χ1n) is 5.80. The molecular weight excluding hydrogens is 253 g/mol. The van der Waals surface area contributed by atoms with Crippen LogP contribution in [-0.4, -0.2) is 5.11 Å². The highest BCUT2D eigenvalue weighted by Gasteiger charge is 2.33. The maximum Gasteiger partial charge on any atom is 0.417 e. The van der Waals surface area contributed by atoms with Crippen molar-refractivity contribution in [3.8, 4) is 11.1 Å². The molecule has 0 spiro atoms. The zero-order valence-electron chi connectivity index (χ0n) is 10.3. The summed E-state index contributed by atoms with van der Waals surface area (Å²) in [4.78, 5) is 0. The number of hydrogen-bond acceptors (Lipinski definition) is 1. The van der Waals surface area contributed by atoms with E-state index in [-0.39, 0.29) is 12.2 Å². The predicted molar refractivity (Wildman–Crippen MR) is 67.5 cm³/mol. The van der Waals surface area contributed by atoms with Crippen LogP contribution in [0.5, 0.6) is 0 Å². The SMILES string of the molecule is Cc1ccc(-c2ccc(CO)cc2)c(C(F)(F)F)c1. The van der Waals surface area contributed by atoms with Crippen LogP contribution in [0.4, 0.5) is 13.2 Å². The van der Waals surface area contributed by atoms with E-state index in [2.05, 4.69) is 0 Å². The normalized spacial score (nSPS) is 11.6. The number of aliphatic hydroxyl groups is 1. The molecule has 2 aromatic rings. The molecule has 2 rings (SSSR count). The minimum atomic E-state index is -4.38. The Morgan fingerprint density at radius 3 is 2.16 bits per heavy atom. The molecular formula is C15H13F3O. The molecule has 1 nitrogen and oxygen atoms in total. The molecule has 1 N–H and O–H groups in total. The lowest BCUT2D eigenvalue weighted by atomic mass is 9.97. The van der Waals surface area contributed by atoms with Crippen molar-refractivity contribution in [3.05, 3.63) is 59.2 Å². The second-order valence-corrected chi connectivity index (χ2v) is 4.40. The van der Waals surface area contributed by atoms with Gasteiger partial charge in [0.25, 0.3) is 0 Å². The Hall–Kier alpha value is -1.81. The van der Waals surface area contributed by atoms with Crippen LogP contribution in [0.3, 0.4) is 0 Å². The fourth-order valence-corrected chi connectivity index (χ4v) is 1.93. The molecule has 100 valence electrons. The van der Waals surface area contributed by atoms with E-state index in [4.69, 9.17) is 5.11 Å². The highest BCUT2D eigenvalue weighted by Crippen LogP contribution is 2.37. The number of benzene rings is 2. The van der Waals surface area contributed by atoms with Gasteiger partial charge < -0.3 is 5.11 Å². The lowest BCUT2D eigenvalue weighted by Gasteiger charge is -2.14. The quantitative estimate of drug-likeness (QED) is 0.864. The maximum absolute atomic E-state index is 13.0.